The molecule has 0 saturated heterocycles. The van der Waals surface area contributed by atoms with Gasteiger partial charge in [-0.2, -0.15) is 18.3 Å². The summed E-state index contributed by atoms with van der Waals surface area (Å²) in [6.07, 6.45) is 1.81. The molecule has 0 aliphatic carbocycles. The number of benzene rings is 2. The van der Waals surface area contributed by atoms with Crippen molar-refractivity contribution in [2.24, 2.45) is 0 Å². The number of para-hydroxylation sites is 1. The van der Waals surface area contributed by atoms with E-state index in [1.165, 1.54) is 12.1 Å². The number of rotatable bonds is 5. The monoisotopic (exact) mass is 501 g/mol. The zero-order valence-corrected chi connectivity index (χ0v) is 19.7. The zero-order chi connectivity index (χ0) is 25.4. The minimum Gasteiger partial charge on any atom is -0.463 e. The molecule has 5 aromatic rings. The fraction of sp³-hybridized carbons (Fsp3) is 0.179. The Morgan fingerprint density at radius 3 is 2.49 bits per heavy atom. The number of hydrogen-bond donors (Lipinski definition) is 0. The lowest BCUT2D eigenvalue weighted by Gasteiger charge is -2.27. The maximum Gasteiger partial charge on any atom is 0.416 e. The Bertz CT molecular complexity index is 1510. The van der Waals surface area contributed by atoms with Crippen LogP contribution in [0.1, 0.15) is 22.4 Å². The summed E-state index contributed by atoms with van der Waals surface area (Å²) in [5, 5.41) is 4.80. The van der Waals surface area contributed by atoms with Gasteiger partial charge in [0.1, 0.15) is 5.69 Å². The molecule has 186 valence electrons. The van der Waals surface area contributed by atoms with Crippen molar-refractivity contribution < 1.29 is 17.6 Å². The summed E-state index contributed by atoms with van der Waals surface area (Å²) >= 11 is 0. The third-order valence-corrected chi connectivity index (χ3v) is 6.44. The van der Waals surface area contributed by atoms with Crippen LogP contribution in [-0.2, 0) is 25.7 Å². The van der Waals surface area contributed by atoms with Crippen molar-refractivity contribution in [1.29, 1.82) is 0 Å². The Hall–Kier alpha value is -4.24. The van der Waals surface area contributed by atoms with Crippen LogP contribution in [-0.4, -0.2) is 31.2 Å². The van der Waals surface area contributed by atoms with E-state index in [1.54, 1.807) is 12.5 Å². The molecule has 2 aromatic carbocycles. The number of furan rings is 1. The van der Waals surface area contributed by atoms with Crippen LogP contribution in [0.2, 0.25) is 0 Å². The molecule has 6 nitrogen and oxygen atoms in total. The van der Waals surface area contributed by atoms with Crippen molar-refractivity contribution in [3.05, 3.63) is 108 Å². The third kappa shape index (κ3) is 4.77. The Morgan fingerprint density at radius 1 is 0.946 bits per heavy atom. The first-order valence-corrected chi connectivity index (χ1v) is 11.9. The Morgan fingerprint density at radius 2 is 1.76 bits per heavy atom. The molecule has 1 aliphatic rings. The van der Waals surface area contributed by atoms with Crippen LogP contribution in [0.4, 0.5) is 13.2 Å². The Balaban J connectivity index is 1.22. The number of hydrogen-bond acceptors (Lipinski definition) is 5. The van der Waals surface area contributed by atoms with E-state index in [4.69, 9.17) is 9.52 Å². The van der Waals surface area contributed by atoms with Crippen LogP contribution >= 0.6 is 0 Å². The van der Waals surface area contributed by atoms with Crippen LogP contribution in [0, 0.1) is 0 Å². The predicted octanol–water partition coefficient (Wildman–Crippen LogP) is 6.17. The van der Waals surface area contributed by atoms with Gasteiger partial charge < -0.3 is 4.42 Å². The normalized spacial score (nSPS) is 14.0. The highest BCUT2D eigenvalue weighted by atomic mass is 19.4. The van der Waals surface area contributed by atoms with Crippen molar-refractivity contribution in [2.75, 3.05) is 6.54 Å². The summed E-state index contributed by atoms with van der Waals surface area (Å²) in [5.41, 5.74) is 4.63. The van der Waals surface area contributed by atoms with Gasteiger partial charge in [0.2, 0.25) is 0 Å². The second-order valence-corrected chi connectivity index (χ2v) is 8.96. The quantitative estimate of drug-likeness (QED) is 0.288. The van der Waals surface area contributed by atoms with Gasteiger partial charge in [-0.3, -0.25) is 4.90 Å². The molecule has 0 atom stereocenters. The molecular formula is C28H22F3N5O. The second kappa shape index (κ2) is 9.33. The molecule has 0 spiro atoms. The minimum absolute atomic E-state index is 0.435. The fourth-order valence-electron chi connectivity index (χ4n) is 4.56. The topological polar surface area (TPSA) is 60.0 Å². The number of halogens is 3. The van der Waals surface area contributed by atoms with Crippen LogP contribution in [0.25, 0.3) is 28.5 Å². The van der Waals surface area contributed by atoms with Gasteiger partial charge >= 0.3 is 6.18 Å². The van der Waals surface area contributed by atoms with Gasteiger partial charge in [0.15, 0.2) is 11.6 Å². The number of nitrogens with zero attached hydrogens (tertiary/aromatic N) is 5. The average molecular weight is 502 g/mol. The molecule has 0 bridgehead atoms. The lowest BCUT2D eigenvalue weighted by atomic mass is 10.1. The van der Waals surface area contributed by atoms with E-state index in [0.717, 1.165) is 46.9 Å². The van der Waals surface area contributed by atoms with Gasteiger partial charge in [-0.15, -0.1) is 0 Å². The van der Waals surface area contributed by atoms with Crippen molar-refractivity contribution in [3.63, 3.8) is 0 Å². The Labute approximate surface area is 211 Å². The van der Waals surface area contributed by atoms with Crippen molar-refractivity contribution >= 4 is 0 Å². The lowest BCUT2D eigenvalue weighted by molar-refractivity contribution is -0.137. The van der Waals surface area contributed by atoms with Gasteiger partial charge in [-0.1, -0.05) is 30.3 Å². The van der Waals surface area contributed by atoms with E-state index in [2.05, 4.69) is 14.9 Å². The first kappa shape index (κ1) is 23.2. The highest BCUT2D eigenvalue weighted by Gasteiger charge is 2.30. The standard InChI is InChI=1S/C28H22F3N5O/c29-28(30,31)22-10-8-19(9-11-22)27-32-15-20-16-35(13-12-24(20)33-27)17-21-18-36(23-5-2-1-3-6-23)34-26(21)25-7-4-14-37-25/h1-11,14-15,18H,12-13,16-17H2. The summed E-state index contributed by atoms with van der Waals surface area (Å²) in [5.74, 6) is 1.15. The van der Waals surface area contributed by atoms with Gasteiger partial charge in [0.05, 0.1) is 23.2 Å². The van der Waals surface area contributed by atoms with Crippen LogP contribution in [0.15, 0.2) is 89.8 Å². The van der Waals surface area contributed by atoms with E-state index in [1.807, 2.05) is 53.3 Å². The van der Waals surface area contributed by atoms with E-state index >= 15 is 0 Å². The largest absolute Gasteiger partial charge is 0.463 e. The van der Waals surface area contributed by atoms with E-state index in [0.29, 0.717) is 36.7 Å². The summed E-state index contributed by atoms with van der Waals surface area (Å²) in [6, 6.07) is 18.6. The number of alkyl halides is 3. The van der Waals surface area contributed by atoms with Gasteiger partial charge in [0.25, 0.3) is 0 Å². The lowest BCUT2D eigenvalue weighted by Crippen LogP contribution is -2.31. The summed E-state index contributed by atoms with van der Waals surface area (Å²) in [6.45, 7) is 2.12. The van der Waals surface area contributed by atoms with E-state index in [9.17, 15) is 13.2 Å². The molecule has 6 rings (SSSR count). The van der Waals surface area contributed by atoms with E-state index in [-0.39, 0.29) is 0 Å². The molecule has 0 amide bonds. The van der Waals surface area contributed by atoms with Crippen molar-refractivity contribution in [1.82, 2.24) is 24.6 Å². The molecule has 4 heterocycles. The van der Waals surface area contributed by atoms with Gasteiger partial charge in [0, 0.05) is 55.1 Å². The zero-order valence-electron chi connectivity index (χ0n) is 19.7. The highest BCUT2D eigenvalue weighted by Crippen LogP contribution is 2.31. The minimum atomic E-state index is -4.37. The maximum atomic E-state index is 12.9. The predicted molar refractivity (Wildman–Crippen MR) is 132 cm³/mol. The molecule has 1 aliphatic heterocycles. The number of fused-ring (bicyclic) bond motifs is 1. The van der Waals surface area contributed by atoms with Crippen LogP contribution in [0.5, 0.6) is 0 Å². The molecule has 0 fully saturated rings. The maximum absolute atomic E-state index is 12.9. The molecule has 0 unspecified atom stereocenters. The summed E-state index contributed by atoms with van der Waals surface area (Å²) in [7, 11) is 0. The molecular weight excluding hydrogens is 479 g/mol. The molecule has 37 heavy (non-hydrogen) atoms. The summed E-state index contributed by atoms with van der Waals surface area (Å²) in [4.78, 5) is 11.4. The third-order valence-electron chi connectivity index (χ3n) is 6.44. The van der Waals surface area contributed by atoms with Crippen molar-refractivity contribution in [3.8, 4) is 28.5 Å². The molecule has 9 heteroatoms. The Kier molecular flexibility index (Phi) is 5.84. The first-order chi connectivity index (χ1) is 17.9. The van der Waals surface area contributed by atoms with Crippen LogP contribution in [0.3, 0.4) is 0 Å². The average Bonchev–Trinajstić information content (AvgIpc) is 3.59. The SMILES string of the molecule is FC(F)(F)c1ccc(-c2ncc3c(n2)CCN(Cc2cn(-c4ccccc4)nc2-c2ccco2)C3)cc1. The van der Waals surface area contributed by atoms with E-state index < -0.39 is 11.7 Å². The van der Waals surface area contributed by atoms with Crippen LogP contribution < -0.4 is 0 Å². The van der Waals surface area contributed by atoms with Crippen molar-refractivity contribution in [2.45, 2.75) is 25.7 Å². The molecule has 0 saturated carbocycles. The smallest absolute Gasteiger partial charge is 0.416 e. The summed E-state index contributed by atoms with van der Waals surface area (Å²) < 4.78 is 46.2. The van der Waals surface area contributed by atoms with Gasteiger partial charge in [-0.05, 0) is 36.4 Å². The highest BCUT2D eigenvalue weighted by molar-refractivity contribution is 5.58. The first-order valence-electron chi connectivity index (χ1n) is 11.9. The molecule has 3 aromatic heterocycles. The van der Waals surface area contributed by atoms with Gasteiger partial charge in [-0.25, -0.2) is 14.6 Å². The second-order valence-electron chi connectivity index (χ2n) is 8.96. The molecule has 0 radical (unpaired) electrons. The molecule has 0 N–H and O–H groups in total. The fourth-order valence-corrected chi connectivity index (χ4v) is 4.56. The number of aromatic nitrogens is 4.